The first-order chi connectivity index (χ1) is 20.8. The van der Waals surface area contributed by atoms with E-state index in [1.807, 2.05) is 13.0 Å². The highest BCUT2D eigenvalue weighted by Crippen LogP contribution is 2.32. The van der Waals surface area contributed by atoms with Crippen molar-refractivity contribution in [3.8, 4) is 5.75 Å². The lowest BCUT2D eigenvalue weighted by Crippen LogP contribution is -2.39. The Bertz CT molecular complexity index is 1210. The number of nitrogens with one attached hydrogen (secondary N) is 1. The summed E-state index contributed by atoms with van der Waals surface area (Å²) in [5.74, 6) is 0.766. The van der Waals surface area contributed by atoms with E-state index >= 15 is 8.78 Å². The molecule has 0 radical (unpaired) electrons. The minimum Gasteiger partial charge on any atom is -0.487 e. The molecule has 43 heavy (non-hydrogen) atoms. The fraction of sp³-hybridized carbons (Fsp3) is 0.526. The average Bonchev–Trinajstić information content (AvgIpc) is 3.00. The van der Waals surface area contributed by atoms with Crippen molar-refractivity contribution >= 4 is 6.08 Å². The van der Waals surface area contributed by atoms with Gasteiger partial charge in [0.1, 0.15) is 23.8 Å². The zero-order valence-corrected chi connectivity index (χ0v) is 27.3. The summed E-state index contributed by atoms with van der Waals surface area (Å²) < 4.78 is 36.5. The molecule has 236 valence electrons. The van der Waals surface area contributed by atoms with Crippen molar-refractivity contribution in [2.24, 2.45) is 11.8 Å². The number of benzene rings is 1. The van der Waals surface area contributed by atoms with Gasteiger partial charge in [0, 0.05) is 23.7 Å². The molecule has 4 atom stereocenters. The van der Waals surface area contributed by atoms with Crippen LogP contribution in [-0.2, 0) is 0 Å². The average molecular weight is 593 g/mol. The van der Waals surface area contributed by atoms with Crippen LogP contribution >= 0.6 is 0 Å². The molecule has 0 aromatic heterocycles. The highest BCUT2D eigenvalue weighted by atomic mass is 19.1. The van der Waals surface area contributed by atoms with Crippen molar-refractivity contribution in [3.05, 3.63) is 94.8 Å². The third-order valence-corrected chi connectivity index (χ3v) is 8.49. The molecule has 5 heteroatoms. The Balaban J connectivity index is 2.00. The maximum absolute atomic E-state index is 15.2. The maximum Gasteiger partial charge on any atom is 0.138 e. The summed E-state index contributed by atoms with van der Waals surface area (Å²) in [6, 6.07) is 2.96. The molecule has 1 aromatic carbocycles. The van der Waals surface area contributed by atoms with Crippen LogP contribution in [0.5, 0.6) is 5.75 Å². The quantitative estimate of drug-likeness (QED) is 0.231. The summed E-state index contributed by atoms with van der Waals surface area (Å²) in [6.07, 6.45) is 24.8. The lowest BCUT2D eigenvalue weighted by atomic mass is 9.93. The van der Waals surface area contributed by atoms with E-state index in [9.17, 15) is 0 Å². The number of unbranched alkanes of at least 4 members (excludes halogenated alkanes) is 2. The van der Waals surface area contributed by atoms with E-state index in [2.05, 4.69) is 93.6 Å². The number of hydrogen-bond acceptors (Lipinski definition) is 3. The van der Waals surface area contributed by atoms with Crippen LogP contribution in [0.3, 0.4) is 0 Å². The Morgan fingerprint density at radius 2 is 1.93 bits per heavy atom. The first kappa shape index (κ1) is 34.6. The van der Waals surface area contributed by atoms with Crippen LogP contribution in [0.4, 0.5) is 8.78 Å². The fourth-order valence-corrected chi connectivity index (χ4v) is 5.43. The normalized spacial score (nSPS) is 23.6. The summed E-state index contributed by atoms with van der Waals surface area (Å²) in [5.41, 5.74) is 4.95. The Morgan fingerprint density at radius 1 is 1.14 bits per heavy atom. The first-order valence-corrected chi connectivity index (χ1v) is 16.6. The predicted octanol–water partition coefficient (Wildman–Crippen LogP) is 10.4. The van der Waals surface area contributed by atoms with E-state index < -0.39 is 12.3 Å². The number of allylic oxidation sites excluding steroid dienone is 7. The van der Waals surface area contributed by atoms with Gasteiger partial charge in [0.2, 0.25) is 0 Å². The van der Waals surface area contributed by atoms with Gasteiger partial charge in [-0.2, -0.15) is 0 Å². The molecule has 0 spiro atoms. The van der Waals surface area contributed by atoms with Crippen molar-refractivity contribution in [2.75, 3.05) is 13.1 Å². The number of rotatable bonds is 13. The van der Waals surface area contributed by atoms with Gasteiger partial charge >= 0.3 is 0 Å². The van der Waals surface area contributed by atoms with E-state index in [1.54, 1.807) is 6.07 Å². The molecule has 0 amide bonds. The Kier molecular flexibility index (Phi) is 14.5. The van der Waals surface area contributed by atoms with Gasteiger partial charge in [-0.05, 0) is 92.5 Å². The highest BCUT2D eigenvalue weighted by molar-refractivity contribution is 5.62. The van der Waals surface area contributed by atoms with E-state index in [0.29, 0.717) is 37.0 Å². The van der Waals surface area contributed by atoms with Crippen LogP contribution in [0.15, 0.2) is 77.8 Å². The number of alkyl halides is 1. The summed E-state index contributed by atoms with van der Waals surface area (Å²) >= 11 is 0. The van der Waals surface area contributed by atoms with Gasteiger partial charge in [-0.15, -0.1) is 0 Å². The summed E-state index contributed by atoms with van der Waals surface area (Å²) in [6.45, 7) is 14.4. The van der Waals surface area contributed by atoms with Gasteiger partial charge in [0.05, 0.1) is 0 Å². The summed E-state index contributed by atoms with van der Waals surface area (Å²) in [4.78, 5) is 2.27. The molecule has 4 unspecified atom stereocenters. The standard InChI is InChI=1S/C38H54F2N2O/c1-7-11-15-31(36(23-28(5)9-3)42-22-14-13-17-34(42)16-12-8-2)18-19-32-25-33(39)26-37(29(32)6)43-38-24-30(10-4)27-41-21-20-35(38)40/h13-19,22-23,25-26,28,30,35,38,41H,7-12,20-21,24,27H2,1-6H3. The van der Waals surface area contributed by atoms with Crippen molar-refractivity contribution in [1.29, 1.82) is 0 Å². The highest BCUT2D eigenvalue weighted by Gasteiger charge is 2.28. The monoisotopic (exact) mass is 592 g/mol. The fourth-order valence-electron chi connectivity index (χ4n) is 5.43. The van der Waals surface area contributed by atoms with Crippen LogP contribution < -0.4 is 10.1 Å². The minimum atomic E-state index is -1.10. The van der Waals surface area contributed by atoms with Gasteiger partial charge < -0.3 is 15.0 Å². The smallest absolute Gasteiger partial charge is 0.138 e. The molecule has 1 aromatic rings. The molecule has 2 aliphatic rings. The third kappa shape index (κ3) is 10.3. The van der Waals surface area contributed by atoms with Gasteiger partial charge in [-0.25, -0.2) is 8.78 Å². The van der Waals surface area contributed by atoms with Crippen molar-refractivity contribution in [3.63, 3.8) is 0 Å². The molecule has 2 heterocycles. The summed E-state index contributed by atoms with van der Waals surface area (Å²) in [7, 11) is 0. The molecule has 1 fully saturated rings. The lowest BCUT2D eigenvalue weighted by molar-refractivity contribution is 0.0634. The van der Waals surface area contributed by atoms with Gasteiger partial charge in [-0.1, -0.05) is 96.8 Å². The Hall–Kier alpha value is -2.92. The molecular formula is C38H54F2N2O. The Labute approximate surface area is 260 Å². The molecule has 0 saturated carbocycles. The molecule has 0 bridgehead atoms. The van der Waals surface area contributed by atoms with E-state index in [1.165, 1.54) is 6.07 Å². The van der Waals surface area contributed by atoms with Crippen LogP contribution in [0, 0.1) is 24.6 Å². The second-order valence-corrected chi connectivity index (χ2v) is 12.0. The topological polar surface area (TPSA) is 24.5 Å². The third-order valence-electron chi connectivity index (χ3n) is 8.49. The lowest BCUT2D eigenvalue weighted by Gasteiger charge is -2.30. The zero-order valence-electron chi connectivity index (χ0n) is 27.3. The van der Waals surface area contributed by atoms with E-state index in [0.717, 1.165) is 73.2 Å². The zero-order chi connectivity index (χ0) is 31.2. The second kappa shape index (κ2) is 18.0. The number of hydrogen-bond donors (Lipinski definition) is 1. The maximum atomic E-state index is 15.2. The number of nitrogens with zero attached hydrogens (tertiary/aromatic N) is 1. The van der Waals surface area contributed by atoms with E-state index in [-0.39, 0.29) is 5.82 Å². The van der Waals surface area contributed by atoms with Crippen molar-refractivity contribution in [1.82, 2.24) is 10.2 Å². The summed E-state index contributed by atoms with van der Waals surface area (Å²) in [5, 5.41) is 3.35. The second-order valence-electron chi connectivity index (χ2n) is 12.0. The predicted molar refractivity (Wildman–Crippen MR) is 179 cm³/mol. The van der Waals surface area contributed by atoms with E-state index in [4.69, 9.17) is 4.74 Å². The molecular weight excluding hydrogens is 538 g/mol. The van der Waals surface area contributed by atoms with Crippen LogP contribution in [0.2, 0.25) is 0 Å². The van der Waals surface area contributed by atoms with Crippen LogP contribution in [0.25, 0.3) is 6.08 Å². The molecule has 2 aliphatic heterocycles. The first-order valence-electron chi connectivity index (χ1n) is 16.6. The van der Waals surface area contributed by atoms with Crippen LogP contribution in [-0.4, -0.2) is 30.3 Å². The van der Waals surface area contributed by atoms with Crippen LogP contribution in [0.1, 0.15) is 97.1 Å². The van der Waals surface area contributed by atoms with Gasteiger partial charge in [0.25, 0.3) is 0 Å². The van der Waals surface area contributed by atoms with Gasteiger partial charge in [-0.3, -0.25) is 0 Å². The number of ether oxygens (including phenoxy) is 1. The molecule has 3 nitrogen and oxygen atoms in total. The molecule has 3 rings (SSSR count). The molecule has 0 aliphatic carbocycles. The number of halogens is 2. The molecule has 1 N–H and O–H groups in total. The SMILES string of the molecule is CCCC=C(C=Cc1cc(F)cc(OC2CC(CC)CNCCC2F)c1C)C(=CC(C)CC)N1C=CC=CC1=CCCC. The minimum absolute atomic E-state index is 0.328. The van der Waals surface area contributed by atoms with Crippen molar-refractivity contribution in [2.45, 2.75) is 105 Å². The van der Waals surface area contributed by atoms with Gasteiger partial charge in [0.15, 0.2) is 0 Å². The Morgan fingerprint density at radius 3 is 2.65 bits per heavy atom. The largest absolute Gasteiger partial charge is 0.487 e. The molecule has 1 saturated heterocycles. The van der Waals surface area contributed by atoms with Crippen molar-refractivity contribution < 1.29 is 13.5 Å².